The molecule has 0 aliphatic heterocycles. The van der Waals surface area contributed by atoms with Crippen molar-refractivity contribution < 1.29 is 4.79 Å². The Balaban J connectivity index is 1.85. The lowest BCUT2D eigenvalue weighted by Crippen LogP contribution is -2.42. The Morgan fingerprint density at radius 2 is 2.00 bits per heavy atom. The Hall–Kier alpha value is -0.820. The molecule has 1 heterocycles. The fourth-order valence-corrected chi connectivity index (χ4v) is 4.76. The van der Waals surface area contributed by atoms with Crippen LogP contribution in [0.15, 0.2) is 4.34 Å². The first kappa shape index (κ1) is 18.5. The van der Waals surface area contributed by atoms with Crippen LogP contribution in [0.2, 0.25) is 0 Å². The molecule has 1 fully saturated rings. The van der Waals surface area contributed by atoms with Gasteiger partial charge in [0.25, 0.3) is 0 Å². The second-order valence-electron chi connectivity index (χ2n) is 6.65. The number of carbonyl (C=O) groups excluding carboxylic acids is 1. The highest BCUT2D eigenvalue weighted by Crippen LogP contribution is 2.31. The summed E-state index contributed by atoms with van der Waals surface area (Å²) in [4.78, 5) is 14.6. The van der Waals surface area contributed by atoms with Gasteiger partial charge in [-0.25, -0.2) is 0 Å². The van der Waals surface area contributed by atoms with Gasteiger partial charge in [0.1, 0.15) is 0 Å². The second-order valence-corrected chi connectivity index (χ2v) is 9.21. The van der Waals surface area contributed by atoms with Crippen LogP contribution in [0.4, 0.5) is 5.13 Å². The number of hydrogen-bond acceptors (Lipinski definition) is 6. The molecule has 1 amide bonds. The van der Waals surface area contributed by atoms with E-state index in [1.807, 2.05) is 18.9 Å². The van der Waals surface area contributed by atoms with Gasteiger partial charge < -0.3 is 10.2 Å². The zero-order valence-electron chi connectivity index (χ0n) is 14.5. The Kier molecular flexibility index (Phi) is 7.14. The van der Waals surface area contributed by atoms with Crippen LogP contribution in [-0.2, 0) is 4.79 Å². The second kappa shape index (κ2) is 8.87. The molecule has 0 radical (unpaired) electrons. The predicted octanol–water partition coefficient (Wildman–Crippen LogP) is 3.88. The van der Waals surface area contributed by atoms with Crippen molar-refractivity contribution in [3.63, 3.8) is 0 Å². The molecule has 1 aromatic heterocycles. The van der Waals surface area contributed by atoms with E-state index in [0.717, 1.165) is 28.9 Å². The lowest BCUT2D eigenvalue weighted by Gasteiger charge is -2.32. The molecule has 0 aromatic carbocycles. The Labute approximate surface area is 147 Å². The summed E-state index contributed by atoms with van der Waals surface area (Å²) in [6, 6.07) is 0.414. The zero-order chi connectivity index (χ0) is 16.8. The molecule has 7 heteroatoms. The van der Waals surface area contributed by atoms with Crippen LogP contribution in [-0.4, -0.2) is 45.9 Å². The number of hydrogen-bond donors (Lipinski definition) is 1. The van der Waals surface area contributed by atoms with E-state index in [9.17, 15) is 4.79 Å². The van der Waals surface area contributed by atoms with Crippen molar-refractivity contribution >= 4 is 34.1 Å². The van der Waals surface area contributed by atoms with Crippen LogP contribution in [0.3, 0.4) is 0 Å². The summed E-state index contributed by atoms with van der Waals surface area (Å²) < 4.78 is 0.856. The third-order valence-electron chi connectivity index (χ3n) is 4.16. The van der Waals surface area contributed by atoms with Crippen molar-refractivity contribution in [3.05, 3.63) is 0 Å². The van der Waals surface area contributed by atoms with Crippen LogP contribution in [0.25, 0.3) is 0 Å². The largest absolute Gasteiger partial charge is 0.360 e. The SMILES string of the molecule is CC(C)CNc1nnc(SC(C)C(=O)N(C)C2CCCCC2)s1. The Morgan fingerprint density at radius 3 is 2.65 bits per heavy atom. The number of aromatic nitrogens is 2. The van der Waals surface area contributed by atoms with Crippen molar-refractivity contribution in [2.45, 2.75) is 68.5 Å². The average molecular weight is 357 g/mol. The van der Waals surface area contributed by atoms with Crippen LogP contribution in [0, 0.1) is 5.92 Å². The molecule has 0 spiro atoms. The Bertz CT molecular complexity index is 500. The molecule has 5 nitrogen and oxygen atoms in total. The number of rotatable bonds is 7. The van der Waals surface area contributed by atoms with Gasteiger partial charge in [0.2, 0.25) is 11.0 Å². The Morgan fingerprint density at radius 1 is 1.30 bits per heavy atom. The fourth-order valence-electron chi connectivity index (χ4n) is 2.76. The molecule has 1 unspecified atom stereocenters. The van der Waals surface area contributed by atoms with Gasteiger partial charge in [-0.15, -0.1) is 10.2 Å². The normalized spacial score (nSPS) is 17.3. The minimum absolute atomic E-state index is 0.118. The van der Waals surface area contributed by atoms with Gasteiger partial charge in [0.05, 0.1) is 5.25 Å². The molecular weight excluding hydrogens is 328 g/mol. The zero-order valence-corrected chi connectivity index (χ0v) is 16.2. The topological polar surface area (TPSA) is 58.1 Å². The fraction of sp³-hybridized carbons (Fsp3) is 0.812. The summed E-state index contributed by atoms with van der Waals surface area (Å²) in [6.07, 6.45) is 6.07. The summed E-state index contributed by atoms with van der Waals surface area (Å²) >= 11 is 3.04. The summed E-state index contributed by atoms with van der Waals surface area (Å²) in [5.74, 6) is 0.772. The lowest BCUT2D eigenvalue weighted by atomic mass is 9.94. The van der Waals surface area contributed by atoms with Gasteiger partial charge in [0, 0.05) is 19.6 Å². The number of nitrogens with one attached hydrogen (secondary N) is 1. The van der Waals surface area contributed by atoms with Gasteiger partial charge in [-0.1, -0.05) is 56.2 Å². The van der Waals surface area contributed by atoms with Crippen LogP contribution in [0.5, 0.6) is 0 Å². The quantitative estimate of drug-likeness (QED) is 0.751. The van der Waals surface area contributed by atoms with Crippen molar-refractivity contribution in [2.24, 2.45) is 5.92 Å². The molecule has 1 aliphatic carbocycles. The minimum atomic E-state index is -0.118. The molecule has 0 bridgehead atoms. The molecule has 1 aliphatic rings. The first-order valence-corrected chi connectivity index (χ1v) is 10.2. The standard InChI is InChI=1S/C16H28N4OS2/c1-11(2)10-17-15-18-19-16(23-15)22-12(3)14(21)20(4)13-8-6-5-7-9-13/h11-13H,5-10H2,1-4H3,(H,17,18). The minimum Gasteiger partial charge on any atom is -0.360 e. The predicted molar refractivity (Wildman–Crippen MR) is 98.2 cm³/mol. The maximum atomic E-state index is 12.6. The molecule has 0 saturated heterocycles. The molecule has 1 atom stereocenters. The highest BCUT2D eigenvalue weighted by Gasteiger charge is 2.26. The molecule has 1 aromatic rings. The lowest BCUT2D eigenvalue weighted by molar-refractivity contribution is -0.131. The summed E-state index contributed by atoms with van der Waals surface area (Å²) in [7, 11) is 1.95. The highest BCUT2D eigenvalue weighted by atomic mass is 32.2. The van der Waals surface area contributed by atoms with Gasteiger partial charge >= 0.3 is 0 Å². The van der Waals surface area contributed by atoms with E-state index in [0.29, 0.717) is 12.0 Å². The van der Waals surface area contributed by atoms with E-state index in [1.54, 1.807) is 0 Å². The van der Waals surface area contributed by atoms with Gasteiger partial charge in [-0.2, -0.15) is 0 Å². The third-order valence-corrected chi connectivity index (χ3v) is 6.22. The number of thioether (sulfide) groups is 1. The van der Waals surface area contributed by atoms with Crippen molar-refractivity contribution in [2.75, 3.05) is 18.9 Å². The van der Waals surface area contributed by atoms with Crippen molar-refractivity contribution in [3.8, 4) is 0 Å². The van der Waals surface area contributed by atoms with E-state index in [1.165, 1.54) is 42.4 Å². The molecule has 23 heavy (non-hydrogen) atoms. The van der Waals surface area contributed by atoms with E-state index in [4.69, 9.17) is 0 Å². The van der Waals surface area contributed by atoms with Gasteiger partial charge in [-0.05, 0) is 25.7 Å². The highest BCUT2D eigenvalue weighted by molar-refractivity contribution is 8.02. The van der Waals surface area contributed by atoms with Crippen LogP contribution < -0.4 is 5.32 Å². The molecule has 1 N–H and O–H groups in total. The number of carbonyl (C=O) groups is 1. The summed E-state index contributed by atoms with van der Waals surface area (Å²) in [6.45, 7) is 7.17. The molecule has 1 saturated carbocycles. The summed E-state index contributed by atoms with van der Waals surface area (Å²) in [5, 5.41) is 12.3. The third kappa shape index (κ3) is 5.64. The van der Waals surface area contributed by atoms with Crippen LogP contribution >= 0.6 is 23.1 Å². The number of anilines is 1. The summed E-state index contributed by atoms with van der Waals surface area (Å²) in [5.41, 5.74) is 0. The van der Waals surface area contributed by atoms with Crippen molar-refractivity contribution in [1.82, 2.24) is 15.1 Å². The van der Waals surface area contributed by atoms with E-state index < -0.39 is 0 Å². The van der Waals surface area contributed by atoms with Crippen molar-refractivity contribution in [1.29, 1.82) is 0 Å². The first-order valence-electron chi connectivity index (χ1n) is 8.48. The maximum absolute atomic E-state index is 12.6. The van der Waals surface area contributed by atoms with E-state index in [-0.39, 0.29) is 11.2 Å². The smallest absolute Gasteiger partial charge is 0.235 e. The van der Waals surface area contributed by atoms with E-state index in [2.05, 4.69) is 29.4 Å². The molecule has 2 rings (SSSR count). The first-order chi connectivity index (χ1) is 11.0. The van der Waals surface area contributed by atoms with Gasteiger partial charge in [-0.3, -0.25) is 4.79 Å². The number of amides is 1. The average Bonchev–Trinajstić information content (AvgIpc) is 2.99. The van der Waals surface area contributed by atoms with Crippen LogP contribution in [0.1, 0.15) is 52.9 Å². The maximum Gasteiger partial charge on any atom is 0.235 e. The van der Waals surface area contributed by atoms with Gasteiger partial charge in [0.15, 0.2) is 4.34 Å². The monoisotopic (exact) mass is 356 g/mol. The van der Waals surface area contributed by atoms with E-state index >= 15 is 0 Å². The number of nitrogens with zero attached hydrogens (tertiary/aromatic N) is 3. The molecular formula is C16H28N4OS2. The molecule has 130 valence electrons.